The van der Waals surface area contributed by atoms with Gasteiger partial charge in [0.2, 0.25) is 5.89 Å². The fraction of sp³-hybridized carbons (Fsp3) is 0.250. The van der Waals surface area contributed by atoms with Crippen molar-refractivity contribution in [3.05, 3.63) is 41.6 Å². The number of methoxy groups -OCH3 is 1. The molecule has 0 aliphatic carbocycles. The van der Waals surface area contributed by atoms with Crippen molar-refractivity contribution in [2.45, 2.75) is 10.8 Å². The number of carbonyl (C=O) groups is 1. The number of nitrogens with zero attached hydrogens (tertiary/aromatic N) is 2. The van der Waals surface area contributed by atoms with Crippen LogP contribution < -0.4 is 0 Å². The van der Waals surface area contributed by atoms with Crippen LogP contribution in [0.3, 0.4) is 0 Å². The molecule has 18 heavy (non-hydrogen) atoms. The number of carbonyl (C=O) groups excluding carboxylic acids is 1. The van der Waals surface area contributed by atoms with Gasteiger partial charge in [-0.2, -0.15) is 0 Å². The van der Waals surface area contributed by atoms with Crippen LogP contribution in [0.15, 0.2) is 33.6 Å². The first-order chi connectivity index (χ1) is 8.79. The minimum atomic E-state index is -0.604. The van der Waals surface area contributed by atoms with Gasteiger partial charge in [-0.1, -0.05) is 18.2 Å². The van der Waals surface area contributed by atoms with Gasteiger partial charge < -0.3 is 9.15 Å². The molecule has 0 saturated carbocycles. The van der Waals surface area contributed by atoms with Crippen LogP contribution in [-0.4, -0.2) is 29.0 Å². The number of thioether (sulfide) groups is 1. The van der Waals surface area contributed by atoms with E-state index in [0.29, 0.717) is 5.89 Å². The SMILES string of the molecule is COC(=O)c1nnc(C2CSc3ccccc32)o1. The monoisotopic (exact) mass is 262 g/mol. The highest BCUT2D eigenvalue weighted by Gasteiger charge is 2.29. The van der Waals surface area contributed by atoms with Gasteiger partial charge in [-0.3, -0.25) is 0 Å². The Morgan fingerprint density at radius 1 is 1.44 bits per heavy atom. The van der Waals surface area contributed by atoms with E-state index in [9.17, 15) is 4.79 Å². The third-order valence-corrected chi connectivity index (χ3v) is 3.98. The first-order valence-corrected chi connectivity index (χ1v) is 6.41. The number of rotatable bonds is 2. The molecule has 0 N–H and O–H groups in total. The lowest BCUT2D eigenvalue weighted by atomic mass is 10.0. The van der Waals surface area contributed by atoms with Crippen LogP contribution in [0.2, 0.25) is 0 Å². The Hall–Kier alpha value is -1.82. The second-order valence-electron chi connectivity index (χ2n) is 3.84. The quantitative estimate of drug-likeness (QED) is 0.772. The molecule has 1 aliphatic rings. The average Bonchev–Trinajstić information content (AvgIpc) is 3.03. The van der Waals surface area contributed by atoms with Gasteiger partial charge in [0, 0.05) is 10.6 Å². The second-order valence-corrected chi connectivity index (χ2v) is 4.90. The van der Waals surface area contributed by atoms with Gasteiger partial charge in [0.1, 0.15) is 0 Å². The number of ether oxygens (including phenoxy) is 1. The van der Waals surface area contributed by atoms with Gasteiger partial charge >= 0.3 is 11.9 Å². The molecule has 1 aromatic carbocycles. The van der Waals surface area contributed by atoms with E-state index in [-0.39, 0.29) is 11.8 Å². The van der Waals surface area contributed by atoms with Crippen LogP contribution in [0.1, 0.15) is 28.1 Å². The Kier molecular flexibility index (Phi) is 2.79. The van der Waals surface area contributed by atoms with Crippen LogP contribution in [-0.2, 0) is 4.74 Å². The zero-order valence-electron chi connectivity index (χ0n) is 9.62. The minimum Gasteiger partial charge on any atom is -0.462 e. The zero-order chi connectivity index (χ0) is 12.5. The van der Waals surface area contributed by atoms with Crippen molar-refractivity contribution in [2.75, 3.05) is 12.9 Å². The fourth-order valence-electron chi connectivity index (χ4n) is 1.91. The first-order valence-electron chi connectivity index (χ1n) is 5.43. The number of aromatic nitrogens is 2. The molecule has 92 valence electrons. The summed E-state index contributed by atoms with van der Waals surface area (Å²) >= 11 is 1.75. The molecule has 2 aromatic rings. The molecule has 0 spiro atoms. The molecule has 0 fully saturated rings. The van der Waals surface area contributed by atoms with Crippen LogP contribution in [0.5, 0.6) is 0 Å². The summed E-state index contributed by atoms with van der Waals surface area (Å²) < 4.78 is 9.91. The minimum absolute atomic E-state index is 0.0529. The lowest BCUT2D eigenvalue weighted by Crippen LogP contribution is -2.01. The Morgan fingerprint density at radius 3 is 3.11 bits per heavy atom. The predicted octanol–water partition coefficient (Wildman–Crippen LogP) is 2.09. The molecule has 2 heterocycles. The van der Waals surface area contributed by atoms with Gasteiger partial charge in [0.05, 0.1) is 13.0 Å². The van der Waals surface area contributed by atoms with E-state index in [1.165, 1.54) is 17.6 Å². The normalized spacial score (nSPS) is 17.5. The summed E-state index contributed by atoms with van der Waals surface area (Å²) in [6, 6.07) is 8.09. The highest BCUT2D eigenvalue weighted by Crippen LogP contribution is 2.42. The topological polar surface area (TPSA) is 65.2 Å². The standard InChI is InChI=1S/C12H10N2O3S/c1-16-12(15)11-14-13-10(17-11)8-6-18-9-5-3-2-4-7(8)9/h2-5,8H,6H2,1H3. The summed E-state index contributed by atoms with van der Waals surface area (Å²) in [5.41, 5.74) is 1.17. The molecule has 3 rings (SSSR count). The summed E-state index contributed by atoms with van der Waals surface area (Å²) in [5.74, 6) is 0.668. The van der Waals surface area contributed by atoms with E-state index in [4.69, 9.17) is 4.42 Å². The summed E-state index contributed by atoms with van der Waals surface area (Å²) in [7, 11) is 1.28. The van der Waals surface area contributed by atoms with E-state index >= 15 is 0 Å². The summed E-state index contributed by atoms with van der Waals surface area (Å²) in [5, 5.41) is 7.64. The smallest absolute Gasteiger partial charge is 0.396 e. The van der Waals surface area contributed by atoms with Gasteiger partial charge in [-0.25, -0.2) is 4.79 Å². The third kappa shape index (κ3) is 1.78. The molecule has 1 aliphatic heterocycles. The first kappa shape index (κ1) is 11.3. The average molecular weight is 262 g/mol. The molecule has 0 radical (unpaired) electrons. The van der Waals surface area contributed by atoms with E-state index in [1.54, 1.807) is 11.8 Å². The Labute approximate surface area is 108 Å². The maximum atomic E-state index is 11.3. The molecule has 0 bridgehead atoms. The highest BCUT2D eigenvalue weighted by atomic mass is 32.2. The molecule has 6 heteroatoms. The van der Waals surface area contributed by atoms with Gasteiger partial charge in [0.25, 0.3) is 0 Å². The van der Waals surface area contributed by atoms with Gasteiger partial charge in [-0.15, -0.1) is 22.0 Å². The number of hydrogen-bond acceptors (Lipinski definition) is 6. The van der Waals surface area contributed by atoms with E-state index in [2.05, 4.69) is 21.0 Å². The Morgan fingerprint density at radius 2 is 2.28 bits per heavy atom. The fourth-order valence-corrected chi connectivity index (χ4v) is 3.13. The van der Waals surface area contributed by atoms with E-state index in [1.807, 2.05) is 18.2 Å². The van der Waals surface area contributed by atoms with Crippen molar-refractivity contribution in [1.82, 2.24) is 10.2 Å². The molecular formula is C12H10N2O3S. The van der Waals surface area contributed by atoms with E-state index in [0.717, 1.165) is 5.75 Å². The van der Waals surface area contributed by atoms with Crippen molar-refractivity contribution >= 4 is 17.7 Å². The van der Waals surface area contributed by atoms with Crippen molar-refractivity contribution in [3.8, 4) is 0 Å². The molecule has 0 saturated heterocycles. The third-order valence-electron chi connectivity index (χ3n) is 2.80. The molecule has 1 unspecified atom stereocenters. The van der Waals surface area contributed by atoms with Crippen LogP contribution in [0.25, 0.3) is 0 Å². The largest absolute Gasteiger partial charge is 0.462 e. The molecule has 5 nitrogen and oxygen atoms in total. The second kappa shape index (κ2) is 4.45. The number of hydrogen-bond donors (Lipinski definition) is 0. The van der Waals surface area contributed by atoms with Crippen LogP contribution in [0.4, 0.5) is 0 Å². The molecule has 1 atom stereocenters. The van der Waals surface area contributed by atoms with Gasteiger partial charge in [-0.05, 0) is 11.6 Å². The summed E-state index contributed by atoms with van der Waals surface area (Å²) in [6.45, 7) is 0. The molecular weight excluding hydrogens is 252 g/mol. The summed E-state index contributed by atoms with van der Waals surface area (Å²) in [4.78, 5) is 12.5. The van der Waals surface area contributed by atoms with Gasteiger partial charge in [0.15, 0.2) is 0 Å². The van der Waals surface area contributed by atoms with Crippen molar-refractivity contribution in [2.24, 2.45) is 0 Å². The predicted molar refractivity (Wildman–Crippen MR) is 64.6 cm³/mol. The van der Waals surface area contributed by atoms with Crippen molar-refractivity contribution < 1.29 is 13.9 Å². The number of fused-ring (bicyclic) bond motifs is 1. The summed E-state index contributed by atoms with van der Waals surface area (Å²) in [6.07, 6.45) is 0. The Balaban J connectivity index is 1.93. The van der Waals surface area contributed by atoms with Crippen molar-refractivity contribution in [1.29, 1.82) is 0 Å². The number of benzene rings is 1. The van der Waals surface area contributed by atoms with E-state index < -0.39 is 5.97 Å². The van der Waals surface area contributed by atoms with Crippen molar-refractivity contribution in [3.63, 3.8) is 0 Å². The lowest BCUT2D eigenvalue weighted by molar-refractivity contribution is 0.0553. The zero-order valence-corrected chi connectivity index (χ0v) is 10.4. The lowest BCUT2D eigenvalue weighted by Gasteiger charge is -2.04. The highest BCUT2D eigenvalue weighted by molar-refractivity contribution is 7.99. The molecule has 0 amide bonds. The number of esters is 1. The maximum absolute atomic E-state index is 11.3. The van der Waals surface area contributed by atoms with Crippen LogP contribution >= 0.6 is 11.8 Å². The van der Waals surface area contributed by atoms with Crippen LogP contribution in [0, 0.1) is 0 Å². The molecule has 1 aromatic heterocycles. The Bertz CT molecular complexity index is 597. The maximum Gasteiger partial charge on any atom is 0.396 e.